The lowest BCUT2D eigenvalue weighted by Gasteiger charge is -2.25. The molecule has 1 unspecified atom stereocenters. The molecule has 0 radical (unpaired) electrons. The topological polar surface area (TPSA) is 39.2 Å². The Morgan fingerprint density at radius 1 is 1.05 bits per heavy atom. The molecule has 0 saturated carbocycles. The maximum absolute atomic E-state index is 6.37. The van der Waals surface area contributed by atoms with Gasteiger partial charge in [-0.05, 0) is 34.9 Å². The van der Waals surface area contributed by atoms with Gasteiger partial charge in [-0.25, -0.2) is 0 Å². The zero-order valence-corrected chi connectivity index (χ0v) is 14.5. The average molecular weight is 287 g/mol. The Balaban J connectivity index is 2.67. The molecule has 116 valence electrons. The van der Waals surface area contributed by atoms with Gasteiger partial charge in [0, 0.05) is 10.9 Å². The van der Waals surface area contributed by atoms with Crippen LogP contribution in [0, 0.1) is 5.41 Å². The van der Waals surface area contributed by atoms with Crippen molar-refractivity contribution >= 4 is 11.0 Å². The van der Waals surface area contributed by atoms with Gasteiger partial charge in [0.2, 0.25) is 0 Å². The van der Waals surface area contributed by atoms with Crippen LogP contribution in [0.15, 0.2) is 22.6 Å². The Morgan fingerprint density at radius 3 is 2.14 bits per heavy atom. The van der Waals surface area contributed by atoms with E-state index in [0.717, 1.165) is 17.8 Å². The predicted octanol–water partition coefficient (Wildman–Crippen LogP) is 5.34. The molecule has 0 aliphatic carbocycles. The highest BCUT2D eigenvalue weighted by molar-refractivity contribution is 5.83. The molecule has 2 heteroatoms. The van der Waals surface area contributed by atoms with Crippen LogP contribution in [0.4, 0.5) is 0 Å². The second-order valence-corrected chi connectivity index (χ2v) is 8.16. The number of rotatable bonds is 2. The zero-order chi connectivity index (χ0) is 16.0. The van der Waals surface area contributed by atoms with Crippen molar-refractivity contribution in [3.05, 3.63) is 35.1 Å². The Labute approximate surface area is 128 Å². The number of hydrogen-bond acceptors (Lipinski definition) is 2. The highest BCUT2D eigenvalue weighted by atomic mass is 16.3. The van der Waals surface area contributed by atoms with Crippen LogP contribution in [0.2, 0.25) is 0 Å². The molecule has 0 amide bonds. The first-order valence-electron chi connectivity index (χ1n) is 7.86. The van der Waals surface area contributed by atoms with Crippen molar-refractivity contribution in [1.29, 1.82) is 0 Å². The van der Waals surface area contributed by atoms with Gasteiger partial charge in [0.1, 0.15) is 11.3 Å². The van der Waals surface area contributed by atoms with Crippen molar-refractivity contribution in [2.24, 2.45) is 11.1 Å². The molecule has 1 aromatic heterocycles. The Bertz CT molecular complexity index is 638. The van der Waals surface area contributed by atoms with Crippen LogP contribution in [0.3, 0.4) is 0 Å². The molecule has 2 rings (SSSR count). The molecule has 0 aliphatic rings. The van der Waals surface area contributed by atoms with Gasteiger partial charge in [0.15, 0.2) is 0 Å². The summed E-state index contributed by atoms with van der Waals surface area (Å²) in [6.45, 7) is 15.3. The van der Waals surface area contributed by atoms with Crippen molar-refractivity contribution in [1.82, 2.24) is 0 Å². The van der Waals surface area contributed by atoms with E-state index in [4.69, 9.17) is 10.2 Å². The van der Waals surface area contributed by atoms with Crippen LogP contribution in [0.25, 0.3) is 11.0 Å². The van der Waals surface area contributed by atoms with Gasteiger partial charge in [-0.1, -0.05) is 54.5 Å². The van der Waals surface area contributed by atoms with Crippen molar-refractivity contribution < 1.29 is 4.42 Å². The highest BCUT2D eigenvalue weighted by Crippen LogP contribution is 2.38. The summed E-state index contributed by atoms with van der Waals surface area (Å²) in [6, 6.07) is 6.54. The maximum atomic E-state index is 6.37. The van der Waals surface area contributed by atoms with E-state index in [-0.39, 0.29) is 16.9 Å². The van der Waals surface area contributed by atoms with E-state index < -0.39 is 0 Å². The molecule has 21 heavy (non-hydrogen) atoms. The summed E-state index contributed by atoms with van der Waals surface area (Å²) in [5.41, 5.74) is 10.0. The Kier molecular flexibility index (Phi) is 3.96. The molecule has 0 saturated heterocycles. The van der Waals surface area contributed by atoms with E-state index in [1.807, 2.05) is 0 Å². The SMILES string of the molecule is CCc1cc(C(C)(C)C)c2oc(C(N)C(C)(C)C)cc2c1. The third-order valence-electron chi connectivity index (χ3n) is 4.15. The fourth-order valence-corrected chi connectivity index (χ4v) is 2.58. The fourth-order valence-electron chi connectivity index (χ4n) is 2.58. The summed E-state index contributed by atoms with van der Waals surface area (Å²) in [7, 11) is 0. The lowest BCUT2D eigenvalue weighted by Crippen LogP contribution is -2.25. The van der Waals surface area contributed by atoms with Gasteiger partial charge in [0.25, 0.3) is 0 Å². The lowest BCUT2D eigenvalue weighted by atomic mass is 9.84. The van der Waals surface area contributed by atoms with E-state index in [2.05, 4.69) is 66.7 Å². The monoisotopic (exact) mass is 287 g/mol. The third-order valence-corrected chi connectivity index (χ3v) is 4.15. The summed E-state index contributed by atoms with van der Waals surface area (Å²) in [6.07, 6.45) is 1.03. The predicted molar refractivity (Wildman–Crippen MR) is 90.7 cm³/mol. The van der Waals surface area contributed by atoms with E-state index in [0.29, 0.717) is 0 Å². The summed E-state index contributed by atoms with van der Waals surface area (Å²) < 4.78 is 6.19. The van der Waals surface area contributed by atoms with Crippen LogP contribution < -0.4 is 5.73 Å². The molecule has 1 atom stereocenters. The summed E-state index contributed by atoms with van der Waals surface area (Å²) in [5.74, 6) is 0.885. The highest BCUT2D eigenvalue weighted by Gasteiger charge is 2.27. The number of nitrogens with two attached hydrogens (primary N) is 1. The van der Waals surface area contributed by atoms with E-state index in [9.17, 15) is 0 Å². The molecule has 2 aromatic rings. The standard InChI is InChI=1S/C19H29NO/c1-8-12-9-13-11-15(17(20)19(5,6)7)21-16(13)14(10-12)18(2,3)4/h9-11,17H,8,20H2,1-7H3. The van der Waals surface area contributed by atoms with Crippen LogP contribution in [-0.4, -0.2) is 0 Å². The fraction of sp³-hybridized carbons (Fsp3) is 0.579. The summed E-state index contributed by atoms with van der Waals surface area (Å²) in [4.78, 5) is 0. The first-order valence-corrected chi connectivity index (χ1v) is 7.86. The lowest BCUT2D eigenvalue weighted by molar-refractivity contribution is 0.289. The number of aryl methyl sites for hydroxylation is 1. The molecule has 0 aliphatic heterocycles. The Hall–Kier alpha value is -1.28. The number of benzene rings is 1. The van der Waals surface area contributed by atoms with Gasteiger partial charge < -0.3 is 10.2 Å². The minimum Gasteiger partial charge on any atom is -0.459 e. The average Bonchev–Trinajstić information content (AvgIpc) is 2.77. The van der Waals surface area contributed by atoms with E-state index >= 15 is 0 Å². The largest absolute Gasteiger partial charge is 0.459 e. The molecule has 1 aromatic carbocycles. The molecular formula is C19H29NO. The molecular weight excluding hydrogens is 258 g/mol. The van der Waals surface area contributed by atoms with Crippen molar-refractivity contribution in [2.45, 2.75) is 66.3 Å². The van der Waals surface area contributed by atoms with Gasteiger partial charge >= 0.3 is 0 Å². The quantitative estimate of drug-likeness (QED) is 0.810. The zero-order valence-electron chi connectivity index (χ0n) is 14.5. The van der Waals surface area contributed by atoms with Crippen molar-refractivity contribution in [2.75, 3.05) is 0 Å². The Morgan fingerprint density at radius 2 is 1.67 bits per heavy atom. The van der Waals surface area contributed by atoms with Crippen LogP contribution >= 0.6 is 0 Å². The minimum absolute atomic E-state index is 0.0106. The smallest absolute Gasteiger partial charge is 0.138 e. The van der Waals surface area contributed by atoms with E-state index in [1.54, 1.807) is 0 Å². The molecule has 1 heterocycles. The number of furan rings is 1. The molecule has 0 bridgehead atoms. The van der Waals surface area contributed by atoms with Crippen molar-refractivity contribution in [3.63, 3.8) is 0 Å². The van der Waals surface area contributed by atoms with Crippen LogP contribution in [0.1, 0.15) is 71.4 Å². The van der Waals surface area contributed by atoms with Gasteiger partial charge in [-0.3, -0.25) is 0 Å². The molecule has 0 fully saturated rings. The van der Waals surface area contributed by atoms with Gasteiger partial charge in [0.05, 0.1) is 6.04 Å². The third kappa shape index (κ3) is 3.16. The van der Waals surface area contributed by atoms with Crippen molar-refractivity contribution in [3.8, 4) is 0 Å². The second-order valence-electron chi connectivity index (χ2n) is 8.16. The van der Waals surface area contributed by atoms with Gasteiger partial charge in [-0.2, -0.15) is 0 Å². The number of fused-ring (bicyclic) bond motifs is 1. The van der Waals surface area contributed by atoms with E-state index in [1.165, 1.54) is 16.5 Å². The molecule has 2 N–H and O–H groups in total. The first-order chi connectivity index (χ1) is 9.54. The van der Waals surface area contributed by atoms with Gasteiger partial charge in [-0.15, -0.1) is 0 Å². The molecule has 2 nitrogen and oxygen atoms in total. The maximum Gasteiger partial charge on any atom is 0.138 e. The number of hydrogen-bond donors (Lipinski definition) is 1. The van der Waals surface area contributed by atoms with Crippen LogP contribution in [-0.2, 0) is 11.8 Å². The normalized spacial score (nSPS) is 14.7. The first kappa shape index (κ1) is 16.1. The summed E-state index contributed by atoms with van der Waals surface area (Å²) in [5, 5.41) is 1.17. The van der Waals surface area contributed by atoms with Crippen LogP contribution in [0.5, 0.6) is 0 Å². The molecule has 0 spiro atoms. The minimum atomic E-state index is -0.0946. The summed E-state index contributed by atoms with van der Waals surface area (Å²) >= 11 is 0. The second kappa shape index (κ2) is 5.17.